The number of ether oxygens (including phenoxy) is 2. The zero-order chi connectivity index (χ0) is 24.4. The van der Waals surface area contributed by atoms with Crippen molar-refractivity contribution in [3.8, 4) is 11.5 Å². The monoisotopic (exact) mass is 494 g/mol. The molecule has 12 heteroatoms. The summed E-state index contributed by atoms with van der Waals surface area (Å²) in [5.41, 5.74) is 2.08. The van der Waals surface area contributed by atoms with Crippen LogP contribution < -0.4 is 14.2 Å². The van der Waals surface area contributed by atoms with Crippen molar-refractivity contribution in [2.24, 2.45) is 0 Å². The minimum absolute atomic E-state index is 0.0187. The van der Waals surface area contributed by atoms with Gasteiger partial charge in [0.1, 0.15) is 21.8 Å². The van der Waals surface area contributed by atoms with E-state index >= 15 is 0 Å². The van der Waals surface area contributed by atoms with Crippen molar-refractivity contribution in [2.45, 2.75) is 18.0 Å². The number of nitrogens with zero attached hydrogens (tertiary/aromatic N) is 5. The summed E-state index contributed by atoms with van der Waals surface area (Å²) in [5.74, 6) is 0.638. The fraction of sp³-hybridized carbons (Fsp3) is 0.174. The van der Waals surface area contributed by atoms with Gasteiger partial charge in [0.15, 0.2) is 11.4 Å². The Morgan fingerprint density at radius 3 is 2.20 bits per heavy atom. The van der Waals surface area contributed by atoms with Crippen molar-refractivity contribution >= 4 is 26.8 Å². The number of hydrogen-bond donors (Lipinski definition) is 1. The Balaban J connectivity index is 1.46. The average molecular weight is 495 g/mol. The second-order valence-corrected chi connectivity index (χ2v) is 9.35. The Morgan fingerprint density at radius 1 is 0.914 bits per heavy atom. The minimum Gasteiger partial charge on any atom is -0.496 e. The fourth-order valence-electron chi connectivity index (χ4n) is 3.79. The SMILES string of the molecule is COc1cc(Cn2cccn2)ccc1S(=O)(=O)Nc1noc2cc(Cn3cccn3)cc(OC)c12. The Hall–Kier alpha value is -4.32. The predicted molar refractivity (Wildman–Crippen MR) is 127 cm³/mol. The molecule has 0 radical (unpaired) electrons. The number of aromatic nitrogens is 5. The average Bonchev–Trinajstić information content (AvgIpc) is 3.62. The number of nitrogens with one attached hydrogen (secondary N) is 1. The van der Waals surface area contributed by atoms with Crippen LogP contribution in [0.2, 0.25) is 0 Å². The van der Waals surface area contributed by atoms with Crippen molar-refractivity contribution in [3.63, 3.8) is 0 Å². The Labute approximate surface area is 200 Å². The lowest BCUT2D eigenvalue weighted by molar-refractivity contribution is 0.402. The molecule has 0 atom stereocenters. The molecule has 0 spiro atoms. The summed E-state index contributed by atoms with van der Waals surface area (Å²) in [6.45, 7) is 0.965. The summed E-state index contributed by atoms with van der Waals surface area (Å²) < 4.78 is 48.9. The zero-order valence-corrected chi connectivity index (χ0v) is 19.8. The number of methoxy groups -OCH3 is 2. The van der Waals surface area contributed by atoms with Crippen LogP contribution in [0.25, 0.3) is 11.0 Å². The number of sulfonamides is 1. The Kier molecular flexibility index (Phi) is 5.87. The zero-order valence-electron chi connectivity index (χ0n) is 19.0. The summed E-state index contributed by atoms with van der Waals surface area (Å²) in [5, 5.41) is 12.7. The van der Waals surface area contributed by atoms with E-state index in [2.05, 4.69) is 20.1 Å². The van der Waals surface area contributed by atoms with E-state index in [1.54, 1.807) is 46.0 Å². The molecule has 5 aromatic rings. The maximum atomic E-state index is 13.3. The van der Waals surface area contributed by atoms with Gasteiger partial charge in [-0.05, 0) is 47.5 Å². The smallest absolute Gasteiger partial charge is 0.266 e. The van der Waals surface area contributed by atoms with Crippen LogP contribution in [0.4, 0.5) is 5.82 Å². The van der Waals surface area contributed by atoms with Crippen molar-refractivity contribution in [3.05, 3.63) is 78.4 Å². The maximum absolute atomic E-state index is 13.3. The first-order valence-electron chi connectivity index (χ1n) is 10.6. The minimum atomic E-state index is -4.06. The number of benzene rings is 2. The lowest BCUT2D eigenvalue weighted by Gasteiger charge is -2.13. The van der Waals surface area contributed by atoms with Gasteiger partial charge in [0.2, 0.25) is 0 Å². The molecule has 180 valence electrons. The summed E-state index contributed by atoms with van der Waals surface area (Å²) in [6.07, 6.45) is 7.03. The van der Waals surface area contributed by atoms with Crippen LogP contribution in [0.3, 0.4) is 0 Å². The van der Waals surface area contributed by atoms with E-state index in [-0.39, 0.29) is 16.5 Å². The summed E-state index contributed by atoms with van der Waals surface area (Å²) in [6, 6.07) is 12.1. The van der Waals surface area contributed by atoms with E-state index in [1.807, 2.05) is 24.5 Å². The number of rotatable bonds is 9. The van der Waals surface area contributed by atoms with Crippen LogP contribution in [0.1, 0.15) is 11.1 Å². The van der Waals surface area contributed by atoms with Gasteiger partial charge in [0.25, 0.3) is 10.0 Å². The Bertz CT molecular complexity index is 1560. The highest BCUT2D eigenvalue weighted by molar-refractivity contribution is 7.92. The van der Waals surface area contributed by atoms with Gasteiger partial charge in [0.05, 0.1) is 27.3 Å². The third-order valence-electron chi connectivity index (χ3n) is 5.37. The molecular formula is C23H22N6O5S. The molecule has 0 fully saturated rings. The van der Waals surface area contributed by atoms with Crippen LogP contribution >= 0.6 is 0 Å². The molecule has 0 aliphatic heterocycles. The lowest BCUT2D eigenvalue weighted by atomic mass is 10.1. The highest BCUT2D eigenvalue weighted by Gasteiger charge is 2.25. The highest BCUT2D eigenvalue weighted by atomic mass is 32.2. The van der Waals surface area contributed by atoms with Crippen LogP contribution in [0, 0.1) is 0 Å². The number of hydrogen-bond acceptors (Lipinski definition) is 8. The van der Waals surface area contributed by atoms with E-state index in [9.17, 15) is 8.42 Å². The summed E-state index contributed by atoms with van der Waals surface area (Å²) in [4.78, 5) is -0.0327. The molecule has 0 aliphatic carbocycles. The molecule has 3 aromatic heterocycles. The number of fused-ring (bicyclic) bond motifs is 1. The molecule has 0 saturated carbocycles. The lowest BCUT2D eigenvalue weighted by Crippen LogP contribution is -2.15. The second-order valence-electron chi connectivity index (χ2n) is 7.70. The third-order valence-corrected chi connectivity index (χ3v) is 6.75. The predicted octanol–water partition coefficient (Wildman–Crippen LogP) is 3.14. The molecule has 0 aliphatic rings. The van der Waals surface area contributed by atoms with Gasteiger partial charge in [0, 0.05) is 24.8 Å². The van der Waals surface area contributed by atoms with E-state index in [4.69, 9.17) is 14.0 Å². The van der Waals surface area contributed by atoms with Crippen molar-refractivity contribution in [2.75, 3.05) is 18.9 Å². The van der Waals surface area contributed by atoms with Crippen molar-refractivity contribution < 1.29 is 22.4 Å². The molecular weight excluding hydrogens is 472 g/mol. The quantitative estimate of drug-likeness (QED) is 0.331. The van der Waals surface area contributed by atoms with E-state index in [0.717, 1.165) is 11.1 Å². The molecule has 3 heterocycles. The first-order valence-corrected chi connectivity index (χ1v) is 12.1. The maximum Gasteiger partial charge on any atom is 0.266 e. The van der Waals surface area contributed by atoms with Crippen LogP contribution in [-0.4, -0.2) is 47.4 Å². The molecule has 1 N–H and O–H groups in total. The highest BCUT2D eigenvalue weighted by Crippen LogP contribution is 2.36. The summed E-state index contributed by atoms with van der Waals surface area (Å²) in [7, 11) is -1.14. The van der Waals surface area contributed by atoms with E-state index < -0.39 is 10.0 Å². The Morgan fingerprint density at radius 2 is 1.57 bits per heavy atom. The topological polar surface area (TPSA) is 126 Å². The van der Waals surface area contributed by atoms with Crippen LogP contribution in [0.5, 0.6) is 11.5 Å². The summed E-state index contributed by atoms with van der Waals surface area (Å²) >= 11 is 0. The van der Waals surface area contributed by atoms with Gasteiger partial charge >= 0.3 is 0 Å². The molecule has 0 amide bonds. The largest absolute Gasteiger partial charge is 0.496 e. The first-order chi connectivity index (χ1) is 17.0. The normalized spacial score (nSPS) is 11.6. The molecule has 0 bridgehead atoms. The molecule has 35 heavy (non-hydrogen) atoms. The van der Waals surface area contributed by atoms with Crippen molar-refractivity contribution in [1.82, 2.24) is 24.7 Å². The van der Waals surface area contributed by atoms with Crippen LogP contribution in [-0.2, 0) is 23.1 Å². The standard InChI is InChI=1S/C23H22N6O5S/c1-32-18-11-16(14-28-9-3-7-24-28)5-6-21(18)35(30,31)27-23-22-19(33-2)12-17(13-20(22)34-26-23)15-29-10-4-8-25-29/h3-13H,14-15H2,1-2H3,(H,26,27). The van der Waals surface area contributed by atoms with E-state index in [0.29, 0.717) is 29.8 Å². The molecule has 0 saturated heterocycles. The van der Waals surface area contributed by atoms with E-state index in [1.165, 1.54) is 20.3 Å². The van der Waals surface area contributed by atoms with Gasteiger partial charge in [-0.25, -0.2) is 8.42 Å². The van der Waals surface area contributed by atoms with Gasteiger partial charge in [-0.3, -0.25) is 14.1 Å². The second kappa shape index (κ2) is 9.14. The number of anilines is 1. The molecule has 2 aromatic carbocycles. The molecule has 0 unspecified atom stereocenters. The third kappa shape index (κ3) is 4.55. The van der Waals surface area contributed by atoms with Gasteiger partial charge < -0.3 is 14.0 Å². The first kappa shape index (κ1) is 22.5. The van der Waals surface area contributed by atoms with Gasteiger partial charge in [-0.1, -0.05) is 11.2 Å². The van der Waals surface area contributed by atoms with Crippen LogP contribution in [0.15, 0.2) is 76.7 Å². The molecule has 5 rings (SSSR count). The molecule has 11 nitrogen and oxygen atoms in total. The fourth-order valence-corrected chi connectivity index (χ4v) is 4.95. The van der Waals surface area contributed by atoms with Crippen molar-refractivity contribution in [1.29, 1.82) is 0 Å². The van der Waals surface area contributed by atoms with Gasteiger partial charge in [-0.15, -0.1) is 0 Å². The van der Waals surface area contributed by atoms with Gasteiger partial charge in [-0.2, -0.15) is 10.2 Å².